The first-order chi connectivity index (χ1) is 5.35. The molecule has 0 aliphatic carbocycles. The molecule has 3 heteroatoms. The first kappa shape index (κ1) is 10.9. The van der Waals surface area contributed by atoms with E-state index in [1.165, 1.54) is 12.5 Å². The topological polar surface area (TPSA) is 24.1 Å². The highest BCUT2D eigenvalue weighted by molar-refractivity contribution is 6.61. The molecule has 1 unspecified atom stereocenters. The smallest absolute Gasteiger partial charge is 0.134 e. The van der Waals surface area contributed by atoms with Crippen LogP contribution in [0.3, 0.4) is 0 Å². The maximum absolute atomic E-state index is 3.83. The van der Waals surface area contributed by atoms with Crippen LogP contribution in [0.25, 0.3) is 0 Å². The second-order valence-corrected chi connectivity index (χ2v) is 5.29. The van der Waals surface area contributed by atoms with Crippen molar-refractivity contribution < 1.29 is 0 Å². The van der Waals surface area contributed by atoms with E-state index in [-0.39, 0.29) is 0 Å². The van der Waals surface area contributed by atoms with Crippen molar-refractivity contribution in [3.05, 3.63) is 12.3 Å². The van der Waals surface area contributed by atoms with Gasteiger partial charge in [0.2, 0.25) is 0 Å². The van der Waals surface area contributed by atoms with Crippen LogP contribution in [0.1, 0.15) is 20.3 Å². The Hall–Kier alpha value is -0.123. The minimum absolute atomic E-state index is 0.793. The first-order valence-corrected chi connectivity index (χ1v) is 6.47. The monoisotopic (exact) mass is 172 g/mol. The third kappa shape index (κ3) is 6.28. The van der Waals surface area contributed by atoms with Crippen molar-refractivity contribution in [1.82, 2.24) is 10.3 Å². The molecule has 0 heterocycles. The van der Waals surface area contributed by atoms with E-state index in [4.69, 9.17) is 0 Å². The van der Waals surface area contributed by atoms with E-state index in [1.54, 1.807) is 0 Å². The van der Waals surface area contributed by atoms with Crippen LogP contribution in [0.15, 0.2) is 12.3 Å². The van der Waals surface area contributed by atoms with E-state index in [2.05, 4.69) is 36.4 Å². The summed E-state index contributed by atoms with van der Waals surface area (Å²) in [6.07, 6.45) is 1.27. The van der Waals surface area contributed by atoms with E-state index in [0.29, 0.717) is 0 Å². The van der Waals surface area contributed by atoms with Gasteiger partial charge < -0.3 is 10.3 Å². The van der Waals surface area contributed by atoms with Crippen LogP contribution in [-0.4, -0.2) is 22.2 Å². The molecule has 66 valence electrons. The van der Waals surface area contributed by atoms with Gasteiger partial charge in [-0.15, -0.1) is 6.58 Å². The lowest BCUT2D eigenvalue weighted by molar-refractivity contribution is 0.698. The van der Waals surface area contributed by atoms with Gasteiger partial charge in [0.25, 0.3) is 0 Å². The number of hydrogen-bond donors (Lipinski definition) is 2. The maximum Gasteiger partial charge on any atom is 0.134 e. The van der Waals surface area contributed by atoms with Gasteiger partial charge in [-0.05, 0) is 12.6 Å². The SMILES string of the molecule is C=C[SiH](CCC)NCNCC. The van der Waals surface area contributed by atoms with Gasteiger partial charge in [-0.1, -0.05) is 26.0 Å². The average Bonchev–Trinajstić information content (AvgIpc) is 2.03. The van der Waals surface area contributed by atoms with Gasteiger partial charge in [0.15, 0.2) is 0 Å². The second-order valence-electron chi connectivity index (χ2n) is 2.62. The Balaban J connectivity index is 3.28. The van der Waals surface area contributed by atoms with Gasteiger partial charge >= 0.3 is 0 Å². The molecule has 0 aromatic rings. The second kappa shape index (κ2) is 7.98. The molecule has 0 saturated carbocycles. The molecular formula is C8H20N2Si. The van der Waals surface area contributed by atoms with Gasteiger partial charge in [-0.3, -0.25) is 0 Å². The molecule has 0 bridgehead atoms. The van der Waals surface area contributed by atoms with Crippen LogP contribution < -0.4 is 10.3 Å². The maximum atomic E-state index is 3.83. The predicted molar refractivity (Wildman–Crippen MR) is 54.1 cm³/mol. The summed E-state index contributed by atoms with van der Waals surface area (Å²) in [6, 6.07) is 1.31. The van der Waals surface area contributed by atoms with Crippen molar-refractivity contribution in [2.24, 2.45) is 0 Å². The fraction of sp³-hybridized carbons (Fsp3) is 0.750. The van der Waals surface area contributed by atoms with E-state index in [1.807, 2.05) is 0 Å². The molecule has 1 atom stereocenters. The molecule has 0 radical (unpaired) electrons. The van der Waals surface area contributed by atoms with Crippen molar-refractivity contribution in [3.63, 3.8) is 0 Å². The molecule has 2 nitrogen and oxygen atoms in total. The van der Waals surface area contributed by atoms with Crippen LogP contribution in [0.4, 0.5) is 0 Å². The molecule has 11 heavy (non-hydrogen) atoms. The standard InChI is InChI=1S/C8H20N2Si/c1-4-7-11(6-3)10-8-9-5-2/h6,9-11H,3-5,7-8H2,1-2H3. The molecule has 0 aromatic heterocycles. The zero-order valence-electron chi connectivity index (χ0n) is 7.69. The summed E-state index contributed by atoms with van der Waals surface area (Å²) < 4.78 is 0. The zero-order chi connectivity index (χ0) is 8.53. The summed E-state index contributed by atoms with van der Waals surface area (Å²) in [5.74, 6) is 0. The quantitative estimate of drug-likeness (QED) is 0.340. The Morgan fingerprint density at radius 3 is 2.64 bits per heavy atom. The van der Waals surface area contributed by atoms with Gasteiger partial charge in [0.1, 0.15) is 8.96 Å². The Kier molecular flexibility index (Phi) is 7.89. The Morgan fingerprint density at radius 2 is 2.18 bits per heavy atom. The summed E-state index contributed by atoms with van der Waals surface area (Å²) >= 11 is 0. The Morgan fingerprint density at radius 1 is 1.45 bits per heavy atom. The predicted octanol–water partition coefficient (Wildman–Crippen LogP) is 1.00. The molecule has 0 fully saturated rings. The molecule has 2 N–H and O–H groups in total. The van der Waals surface area contributed by atoms with E-state index < -0.39 is 8.96 Å². The summed E-state index contributed by atoms with van der Waals surface area (Å²) in [4.78, 5) is 3.48. The van der Waals surface area contributed by atoms with E-state index >= 15 is 0 Å². The Labute approximate surface area is 71.8 Å². The van der Waals surface area contributed by atoms with Gasteiger partial charge in [0.05, 0.1) is 0 Å². The highest BCUT2D eigenvalue weighted by Gasteiger charge is 2.01. The summed E-state index contributed by atoms with van der Waals surface area (Å²) in [5, 5.41) is 3.25. The molecule has 0 rings (SSSR count). The molecule has 0 aromatic carbocycles. The summed E-state index contributed by atoms with van der Waals surface area (Å²) in [6.45, 7) is 10.2. The highest BCUT2D eigenvalue weighted by atomic mass is 28.3. The fourth-order valence-corrected chi connectivity index (χ4v) is 2.58. The van der Waals surface area contributed by atoms with Crippen molar-refractivity contribution in [2.75, 3.05) is 13.2 Å². The van der Waals surface area contributed by atoms with Crippen LogP contribution >= 0.6 is 0 Å². The average molecular weight is 172 g/mol. The van der Waals surface area contributed by atoms with Crippen molar-refractivity contribution in [2.45, 2.75) is 26.3 Å². The van der Waals surface area contributed by atoms with E-state index in [0.717, 1.165) is 13.2 Å². The number of nitrogens with one attached hydrogen (secondary N) is 2. The largest absolute Gasteiger partial charge is 0.324 e. The minimum atomic E-state index is -0.793. The lowest BCUT2D eigenvalue weighted by atomic mass is 10.6. The molecule has 0 amide bonds. The highest BCUT2D eigenvalue weighted by Crippen LogP contribution is 1.93. The summed E-state index contributed by atoms with van der Waals surface area (Å²) in [7, 11) is -0.793. The number of rotatable bonds is 7. The molecule has 0 aliphatic rings. The molecule has 0 aliphatic heterocycles. The molecule has 0 saturated heterocycles. The Bertz CT molecular complexity index is 96.1. The molecular weight excluding hydrogens is 152 g/mol. The van der Waals surface area contributed by atoms with Crippen LogP contribution in [0, 0.1) is 0 Å². The molecule has 0 spiro atoms. The van der Waals surface area contributed by atoms with Gasteiger partial charge in [-0.2, -0.15) is 0 Å². The minimum Gasteiger partial charge on any atom is -0.324 e. The zero-order valence-corrected chi connectivity index (χ0v) is 8.84. The van der Waals surface area contributed by atoms with E-state index in [9.17, 15) is 0 Å². The third-order valence-electron chi connectivity index (χ3n) is 1.62. The van der Waals surface area contributed by atoms with Crippen molar-refractivity contribution in [1.29, 1.82) is 0 Å². The van der Waals surface area contributed by atoms with Crippen molar-refractivity contribution >= 4 is 8.96 Å². The summed E-state index contributed by atoms with van der Waals surface area (Å²) in [5.41, 5.74) is 2.11. The fourth-order valence-electron chi connectivity index (χ4n) is 0.943. The van der Waals surface area contributed by atoms with Crippen LogP contribution in [-0.2, 0) is 0 Å². The van der Waals surface area contributed by atoms with Gasteiger partial charge in [0, 0.05) is 6.67 Å². The lowest BCUT2D eigenvalue weighted by Crippen LogP contribution is -2.39. The normalized spacial score (nSPS) is 12.9. The number of hydrogen-bond acceptors (Lipinski definition) is 2. The van der Waals surface area contributed by atoms with Crippen molar-refractivity contribution in [3.8, 4) is 0 Å². The first-order valence-electron chi connectivity index (χ1n) is 4.41. The van der Waals surface area contributed by atoms with Crippen LogP contribution in [0.5, 0.6) is 0 Å². The lowest BCUT2D eigenvalue weighted by Gasteiger charge is -2.11. The third-order valence-corrected chi connectivity index (χ3v) is 4.12. The van der Waals surface area contributed by atoms with Crippen LogP contribution in [0.2, 0.25) is 6.04 Å². The van der Waals surface area contributed by atoms with Gasteiger partial charge in [-0.25, -0.2) is 0 Å².